The van der Waals surface area contributed by atoms with Crippen molar-refractivity contribution in [2.24, 2.45) is 0 Å². The molecule has 0 aromatic heterocycles. The lowest BCUT2D eigenvalue weighted by atomic mass is 10.0. The summed E-state index contributed by atoms with van der Waals surface area (Å²) in [5, 5.41) is 0. The number of alkyl halides is 3. The molecule has 1 aliphatic rings. The Balaban J connectivity index is 1.81. The molecule has 2 aromatic rings. The Kier molecular flexibility index (Phi) is 6.61. The second-order valence-electron chi connectivity index (χ2n) is 7.30. The lowest BCUT2D eigenvalue weighted by Gasteiger charge is -2.28. The molecule has 1 amide bonds. The molecule has 0 spiro atoms. The number of likely N-dealkylation sites (tertiary alicyclic amines) is 1. The van der Waals surface area contributed by atoms with Crippen LogP contribution in [-0.2, 0) is 21.0 Å². The van der Waals surface area contributed by atoms with E-state index < -0.39 is 38.6 Å². The van der Waals surface area contributed by atoms with Crippen LogP contribution in [0, 0.1) is 0 Å². The summed E-state index contributed by atoms with van der Waals surface area (Å²) < 4.78 is 72.4. The van der Waals surface area contributed by atoms with Crippen molar-refractivity contribution in [2.45, 2.75) is 42.9 Å². The van der Waals surface area contributed by atoms with Crippen LogP contribution < -0.4 is 9.46 Å². The van der Waals surface area contributed by atoms with Gasteiger partial charge in [0.05, 0.1) is 29.7 Å². The largest absolute Gasteiger partial charge is 0.497 e. The number of nitrogens with one attached hydrogen (secondary N) is 1. The normalized spacial score (nSPS) is 18.1. The fourth-order valence-corrected chi connectivity index (χ4v) is 5.18. The van der Waals surface area contributed by atoms with Gasteiger partial charge in [-0.2, -0.15) is 17.9 Å². The molecule has 1 N–H and O–H groups in total. The molecule has 3 rings (SSSR count). The molecule has 168 valence electrons. The van der Waals surface area contributed by atoms with Crippen LogP contribution in [-0.4, -0.2) is 38.9 Å². The summed E-state index contributed by atoms with van der Waals surface area (Å²) in [5.41, 5.74) is -0.430. The summed E-state index contributed by atoms with van der Waals surface area (Å²) in [4.78, 5) is 13.7. The van der Waals surface area contributed by atoms with E-state index in [4.69, 9.17) is 4.74 Å². The van der Waals surface area contributed by atoms with Gasteiger partial charge in [-0.3, -0.25) is 4.79 Å². The molecule has 0 saturated carbocycles. The molecular formula is C21H23F3N2O4S. The number of carbonyl (C=O) groups is 1. The number of ether oxygens (including phenoxy) is 1. The molecule has 1 aliphatic heterocycles. The average molecular weight is 456 g/mol. The van der Waals surface area contributed by atoms with Crippen LogP contribution >= 0.6 is 0 Å². The number of hydrogen-bond acceptors (Lipinski definition) is 4. The predicted octanol–water partition coefficient (Wildman–Crippen LogP) is 3.74. The Morgan fingerprint density at radius 3 is 2.58 bits per heavy atom. The molecule has 2 atom stereocenters. The molecule has 2 unspecified atom stereocenters. The van der Waals surface area contributed by atoms with Crippen LogP contribution in [0.1, 0.15) is 36.9 Å². The molecule has 10 heteroatoms. The number of sulfonamides is 1. The van der Waals surface area contributed by atoms with Gasteiger partial charge in [-0.05, 0) is 49.6 Å². The molecule has 0 aliphatic carbocycles. The number of hydrogen-bond donors (Lipinski definition) is 1. The topological polar surface area (TPSA) is 75.7 Å². The first-order valence-corrected chi connectivity index (χ1v) is 11.2. The van der Waals surface area contributed by atoms with Crippen molar-refractivity contribution >= 4 is 15.9 Å². The maximum absolute atomic E-state index is 13.2. The van der Waals surface area contributed by atoms with E-state index in [-0.39, 0.29) is 6.04 Å². The molecule has 0 bridgehead atoms. The zero-order valence-corrected chi connectivity index (χ0v) is 17.8. The van der Waals surface area contributed by atoms with Crippen LogP contribution in [0.4, 0.5) is 13.2 Å². The van der Waals surface area contributed by atoms with Gasteiger partial charge in [0.15, 0.2) is 0 Å². The lowest BCUT2D eigenvalue weighted by molar-refractivity contribution is -0.139. The first kappa shape index (κ1) is 23.1. The van der Waals surface area contributed by atoms with E-state index in [1.807, 2.05) is 12.1 Å². The minimum Gasteiger partial charge on any atom is -0.497 e. The Labute approximate surface area is 179 Å². The van der Waals surface area contributed by atoms with E-state index in [0.717, 1.165) is 24.1 Å². The van der Waals surface area contributed by atoms with Gasteiger partial charge in [-0.25, -0.2) is 8.42 Å². The van der Waals surface area contributed by atoms with Gasteiger partial charge in [-0.15, -0.1) is 0 Å². The molecule has 6 nitrogen and oxygen atoms in total. The van der Waals surface area contributed by atoms with Crippen LogP contribution in [0.15, 0.2) is 53.4 Å². The minimum absolute atomic E-state index is 0.267. The van der Waals surface area contributed by atoms with Gasteiger partial charge in [0.2, 0.25) is 15.9 Å². The predicted molar refractivity (Wildman–Crippen MR) is 108 cm³/mol. The third-order valence-corrected chi connectivity index (χ3v) is 6.80. The quantitative estimate of drug-likeness (QED) is 0.719. The fourth-order valence-electron chi connectivity index (χ4n) is 3.76. The zero-order valence-electron chi connectivity index (χ0n) is 17.0. The van der Waals surface area contributed by atoms with Crippen molar-refractivity contribution in [3.63, 3.8) is 0 Å². The van der Waals surface area contributed by atoms with Crippen LogP contribution in [0.2, 0.25) is 0 Å². The Hall–Kier alpha value is -2.59. The number of halogens is 3. The molecule has 1 fully saturated rings. The highest BCUT2D eigenvalue weighted by Gasteiger charge is 2.39. The second kappa shape index (κ2) is 8.88. The summed E-state index contributed by atoms with van der Waals surface area (Å²) in [7, 11) is -3.04. The maximum Gasteiger partial charge on any atom is 0.417 e. The Bertz CT molecular complexity index is 1060. The van der Waals surface area contributed by atoms with Crippen molar-refractivity contribution in [3.05, 3.63) is 59.7 Å². The van der Waals surface area contributed by atoms with E-state index in [2.05, 4.69) is 4.72 Å². The van der Waals surface area contributed by atoms with E-state index >= 15 is 0 Å². The van der Waals surface area contributed by atoms with Gasteiger partial charge >= 0.3 is 6.18 Å². The van der Waals surface area contributed by atoms with E-state index in [9.17, 15) is 26.4 Å². The van der Waals surface area contributed by atoms with Crippen LogP contribution in [0.3, 0.4) is 0 Å². The summed E-state index contributed by atoms with van der Waals surface area (Å²) >= 11 is 0. The first-order valence-electron chi connectivity index (χ1n) is 9.67. The molecule has 0 radical (unpaired) electrons. The SMILES string of the molecule is COc1cccc(C2CCCN2C(=O)C(C)NS(=O)(=O)c2ccccc2C(F)(F)F)c1. The van der Waals surface area contributed by atoms with E-state index in [0.29, 0.717) is 24.8 Å². The first-order chi connectivity index (χ1) is 14.5. The van der Waals surface area contributed by atoms with Crippen molar-refractivity contribution in [2.75, 3.05) is 13.7 Å². The van der Waals surface area contributed by atoms with Crippen molar-refractivity contribution in [3.8, 4) is 5.75 Å². The van der Waals surface area contributed by atoms with Crippen molar-refractivity contribution in [1.29, 1.82) is 0 Å². The van der Waals surface area contributed by atoms with Gasteiger partial charge in [-0.1, -0.05) is 24.3 Å². The average Bonchev–Trinajstić information content (AvgIpc) is 3.22. The van der Waals surface area contributed by atoms with Crippen molar-refractivity contribution in [1.82, 2.24) is 9.62 Å². The smallest absolute Gasteiger partial charge is 0.417 e. The standard InChI is InChI=1S/C21H23F3N2O4S/c1-14(25-31(28,29)19-11-4-3-9-17(19)21(22,23)24)20(27)26-12-6-10-18(26)15-7-5-8-16(13-15)30-2/h3-5,7-9,11,13-14,18,25H,6,10,12H2,1-2H3. The van der Waals surface area contributed by atoms with Gasteiger partial charge in [0.25, 0.3) is 0 Å². The van der Waals surface area contributed by atoms with Gasteiger partial charge in [0.1, 0.15) is 5.75 Å². The van der Waals surface area contributed by atoms with Gasteiger partial charge in [0, 0.05) is 6.54 Å². The molecular weight excluding hydrogens is 433 g/mol. The number of benzene rings is 2. The molecule has 2 aromatic carbocycles. The fraction of sp³-hybridized carbons (Fsp3) is 0.381. The number of amides is 1. The molecule has 1 heterocycles. The number of methoxy groups -OCH3 is 1. The zero-order chi connectivity index (χ0) is 22.8. The van der Waals surface area contributed by atoms with Crippen LogP contribution in [0.25, 0.3) is 0 Å². The highest BCUT2D eigenvalue weighted by molar-refractivity contribution is 7.89. The third kappa shape index (κ3) is 5.01. The van der Waals surface area contributed by atoms with E-state index in [1.54, 1.807) is 17.0 Å². The van der Waals surface area contributed by atoms with Gasteiger partial charge < -0.3 is 9.64 Å². The maximum atomic E-state index is 13.2. The summed E-state index contributed by atoms with van der Waals surface area (Å²) in [6, 6.07) is 9.62. The lowest BCUT2D eigenvalue weighted by Crippen LogP contribution is -2.46. The monoisotopic (exact) mass is 456 g/mol. The summed E-state index contributed by atoms with van der Waals surface area (Å²) in [6.07, 6.45) is -3.43. The Morgan fingerprint density at radius 2 is 1.90 bits per heavy atom. The van der Waals surface area contributed by atoms with E-state index in [1.165, 1.54) is 20.1 Å². The van der Waals surface area contributed by atoms with Crippen molar-refractivity contribution < 1.29 is 31.1 Å². The number of carbonyl (C=O) groups excluding carboxylic acids is 1. The third-order valence-electron chi connectivity index (χ3n) is 5.20. The molecule has 1 saturated heterocycles. The van der Waals surface area contributed by atoms with Crippen LogP contribution in [0.5, 0.6) is 5.75 Å². The highest BCUT2D eigenvalue weighted by atomic mass is 32.2. The number of nitrogens with zero attached hydrogens (tertiary/aromatic N) is 1. The summed E-state index contributed by atoms with van der Waals surface area (Å²) in [6.45, 7) is 1.75. The minimum atomic E-state index is -4.84. The molecule has 31 heavy (non-hydrogen) atoms. The summed E-state index contributed by atoms with van der Waals surface area (Å²) in [5.74, 6) is 0.132. The number of rotatable bonds is 6. The Morgan fingerprint density at radius 1 is 1.19 bits per heavy atom. The highest BCUT2D eigenvalue weighted by Crippen LogP contribution is 2.35. The second-order valence-corrected chi connectivity index (χ2v) is 8.99.